The predicted octanol–water partition coefficient (Wildman–Crippen LogP) is 3.49. The Bertz CT molecular complexity index is 107. The second-order valence-corrected chi connectivity index (χ2v) is 3.75. The van der Waals surface area contributed by atoms with Gasteiger partial charge in [0, 0.05) is 3.81 Å². The highest BCUT2D eigenvalue weighted by Gasteiger charge is 1.79. The molecule has 0 aliphatic heterocycles. The second kappa shape index (κ2) is 5.92. The van der Waals surface area contributed by atoms with Crippen molar-refractivity contribution in [2.24, 2.45) is 0 Å². The topological polar surface area (TPSA) is 0 Å². The molecule has 0 bridgehead atoms. The average Bonchev–Trinajstić information content (AvgIpc) is 1.83. The van der Waals surface area contributed by atoms with Gasteiger partial charge in [0.1, 0.15) is 0 Å². The summed E-state index contributed by atoms with van der Waals surface area (Å²) in [4.78, 5) is 1.81. The summed E-state index contributed by atoms with van der Waals surface area (Å²) >= 11 is 8.15. The van der Waals surface area contributed by atoms with Crippen LogP contribution in [-0.4, -0.2) is 6.26 Å². The molecule has 0 N–H and O–H groups in total. The molecule has 8 heavy (non-hydrogen) atoms. The zero-order chi connectivity index (χ0) is 6.41. The first-order valence-electron chi connectivity index (χ1n) is 1.97. The van der Waals surface area contributed by atoms with Gasteiger partial charge >= 0.3 is 0 Å². The van der Waals surface area contributed by atoms with Gasteiger partial charge in [-0.3, -0.25) is 0 Å². The molecule has 0 saturated heterocycles. The zero-order valence-electron chi connectivity index (χ0n) is 4.40. The first-order valence-corrected chi connectivity index (χ1v) is 4.91. The van der Waals surface area contributed by atoms with Crippen LogP contribution >= 0.6 is 43.6 Å². The van der Waals surface area contributed by atoms with Crippen LogP contribution in [0.15, 0.2) is 21.0 Å². The van der Waals surface area contributed by atoms with E-state index in [4.69, 9.17) is 0 Å². The molecule has 0 atom stereocenters. The lowest BCUT2D eigenvalue weighted by molar-refractivity contribution is 2.08. The van der Waals surface area contributed by atoms with Crippen molar-refractivity contribution in [3.05, 3.63) is 21.0 Å². The fourth-order valence-corrected chi connectivity index (χ4v) is 0.700. The van der Waals surface area contributed by atoms with E-state index in [1.807, 2.05) is 23.4 Å². The molecule has 0 spiro atoms. The van der Waals surface area contributed by atoms with Crippen LogP contribution in [0.1, 0.15) is 0 Å². The van der Waals surface area contributed by atoms with Gasteiger partial charge in [-0.15, -0.1) is 11.8 Å². The minimum Gasteiger partial charge on any atom is -0.122 e. The van der Waals surface area contributed by atoms with Gasteiger partial charge < -0.3 is 0 Å². The summed E-state index contributed by atoms with van der Waals surface area (Å²) in [5, 5.41) is 0. The fourth-order valence-electron chi connectivity index (χ4n) is 0.180. The SMILES string of the molecule is CS/C(Br)=C\C=C\Br. The Morgan fingerprint density at radius 1 is 1.62 bits per heavy atom. The average molecular weight is 258 g/mol. The highest BCUT2D eigenvalue weighted by Crippen LogP contribution is 2.18. The zero-order valence-corrected chi connectivity index (χ0v) is 8.38. The van der Waals surface area contributed by atoms with E-state index in [0.29, 0.717) is 0 Å². The van der Waals surface area contributed by atoms with E-state index in [-0.39, 0.29) is 0 Å². The van der Waals surface area contributed by atoms with Crippen molar-refractivity contribution in [2.75, 3.05) is 6.26 Å². The van der Waals surface area contributed by atoms with Crippen LogP contribution in [0.4, 0.5) is 0 Å². The summed E-state index contributed by atoms with van der Waals surface area (Å²) in [7, 11) is 0. The molecule has 0 radical (unpaired) electrons. The maximum atomic E-state index is 3.33. The Labute approximate surface area is 70.7 Å². The molecule has 0 aromatic rings. The Hall–Kier alpha value is 0.790. The van der Waals surface area contributed by atoms with Gasteiger partial charge in [-0.1, -0.05) is 22.0 Å². The third kappa shape index (κ3) is 4.94. The first kappa shape index (κ1) is 8.79. The smallest absolute Gasteiger partial charge is 0.0500 e. The lowest BCUT2D eigenvalue weighted by Crippen LogP contribution is -1.52. The summed E-state index contributed by atoms with van der Waals surface area (Å²) in [6.07, 6.45) is 5.91. The summed E-state index contributed by atoms with van der Waals surface area (Å²) in [6, 6.07) is 0. The molecule has 0 fully saturated rings. The summed E-state index contributed by atoms with van der Waals surface area (Å²) < 4.78 is 1.13. The fraction of sp³-hybridized carbons (Fsp3) is 0.200. The molecule has 0 heterocycles. The van der Waals surface area contributed by atoms with Crippen molar-refractivity contribution in [1.82, 2.24) is 0 Å². The number of hydrogen-bond donors (Lipinski definition) is 0. The molecule has 0 rings (SSSR count). The van der Waals surface area contributed by atoms with Gasteiger partial charge in [-0.05, 0) is 33.2 Å². The van der Waals surface area contributed by atoms with Gasteiger partial charge in [-0.25, -0.2) is 0 Å². The third-order valence-corrected chi connectivity index (χ3v) is 2.56. The Morgan fingerprint density at radius 3 is 2.62 bits per heavy atom. The highest BCUT2D eigenvalue weighted by molar-refractivity contribution is 9.14. The number of rotatable bonds is 2. The molecule has 3 heteroatoms. The Balaban J connectivity index is 3.57. The molecule has 0 aromatic heterocycles. The Morgan fingerprint density at radius 2 is 2.25 bits per heavy atom. The normalized spacial score (nSPS) is 13.1. The van der Waals surface area contributed by atoms with E-state index in [0.717, 1.165) is 3.81 Å². The molecule has 46 valence electrons. The number of thioether (sulfide) groups is 1. The van der Waals surface area contributed by atoms with E-state index in [9.17, 15) is 0 Å². The minimum atomic E-state index is 1.13. The molecular formula is C5H6Br2S. The molecular weight excluding hydrogens is 252 g/mol. The molecule has 0 unspecified atom stereocenters. The highest BCUT2D eigenvalue weighted by atomic mass is 79.9. The number of halogens is 2. The lowest BCUT2D eigenvalue weighted by atomic mass is 10.6. The number of hydrogen-bond acceptors (Lipinski definition) is 1. The van der Waals surface area contributed by atoms with E-state index < -0.39 is 0 Å². The largest absolute Gasteiger partial charge is 0.122 e. The van der Waals surface area contributed by atoms with Crippen molar-refractivity contribution in [1.29, 1.82) is 0 Å². The maximum absolute atomic E-state index is 3.33. The molecule has 0 aliphatic rings. The first-order chi connectivity index (χ1) is 3.81. The molecule has 0 aliphatic carbocycles. The van der Waals surface area contributed by atoms with Crippen LogP contribution in [0, 0.1) is 0 Å². The van der Waals surface area contributed by atoms with Crippen LogP contribution < -0.4 is 0 Å². The van der Waals surface area contributed by atoms with Crippen molar-refractivity contribution in [3.8, 4) is 0 Å². The summed E-state index contributed by atoms with van der Waals surface area (Å²) in [6.45, 7) is 0. The van der Waals surface area contributed by atoms with E-state index >= 15 is 0 Å². The minimum absolute atomic E-state index is 1.13. The van der Waals surface area contributed by atoms with Crippen LogP contribution in [-0.2, 0) is 0 Å². The van der Waals surface area contributed by atoms with Crippen molar-refractivity contribution in [3.63, 3.8) is 0 Å². The molecule has 0 saturated carbocycles. The van der Waals surface area contributed by atoms with Gasteiger partial charge in [0.25, 0.3) is 0 Å². The van der Waals surface area contributed by atoms with Gasteiger partial charge in [-0.2, -0.15) is 0 Å². The predicted molar refractivity (Wildman–Crippen MR) is 48.6 cm³/mol. The molecule has 0 aromatic carbocycles. The van der Waals surface area contributed by atoms with Crippen LogP contribution in [0.5, 0.6) is 0 Å². The summed E-state index contributed by atoms with van der Waals surface area (Å²) in [5.74, 6) is 0. The van der Waals surface area contributed by atoms with Crippen molar-refractivity contribution in [2.45, 2.75) is 0 Å². The van der Waals surface area contributed by atoms with E-state index in [1.54, 1.807) is 11.8 Å². The molecule has 0 nitrogen and oxygen atoms in total. The summed E-state index contributed by atoms with van der Waals surface area (Å²) in [5.41, 5.74) is 0. The standard InChI is InChI=1S/C5H6Br2S/c1-8-5(7)3-2-4-6/h2-4H,1H3/b4-2+,5-3-. The molecule has 0 amide bonds. The van der Waals surface area contributed by atoms with Crippen molar-refractivity contribution < 1.29 is 0 Å². The Kier molecular flexibility index (Phi) is 6.50. The van der Waals surface area contributed by atoms with Gasteiger partial charge in [0.2, 0.25) is 0 Å². The maximum Gasteiger partial charge on any atom is 0.0500 e. The third-order valence-electron chi connectivity index (χ3n) is 0.495. The van der Waals surface area contributed by atoms with Gasteiger partial charge in [0.15, 0.2) is 0 Å². The van der Waals surface area contributed by atoms with Crippen LogP contribution in [0.25, 0.3) is 0 Å². The van der Waals surface area contributed by atoms with Crippen molar-refractivity contribution >= 4 is 43.6 Å². The lowest BCUT2D eigenvalue weighted by Gasteiger charge is -1.83. The second-order valence-electron chi connectivity index (χ2n) is 0.993. The van der Waals surface area contributed by atoms with E-state index in [2.05, 4.69) is 31.9 Å². The van der Waals surface area contributed by atoms with Crippen LogP contribution in [0.3, 0.4) is 0 Å². The quantitative estimate of drug-likeness (QED) is 0.683. The van der Waals surface area contributed by atoms with E-state index in [1.165, 1.54) is 0 Å². The number of allylic oxidation sites excluding steroid dienone is 2. The monoisotopic (exact) mass is 256 g/mol. The van der Waals surface area contributed by atoms with Gasteiger partial charge in [0.05, 0.1) is 0 Å². The van der Waals surface area contributed by atoms with Crippen LogP contribution in [0.2, 0.25) is 0 Å².